The smallest absolute Gasteiger partial charge is 0.244 e. The van der Waals surface area contributed by atoms with E-state index in [1.807, 2.05) is 4.90 Å². The Hall–Kier alpha value is -2.38. The second-order valence-electron chi connectivity index (χ2n) is 6.77. The van der Waals surface area contributed by atoms with Crippen LogP contribution in [0, 0.1) is 17.5 Å². The number of nitrogens with zero attached hydrogens (tertiary/aromatic N) is 2. The maximum atomic E-state index is 14.0. The van der Waals surface area contributed by atoms with Crippen LogP contribution in [0.3, 0.4) is 0 Å². The molecule has 2 unspecified atom stereocenters. The van der Waals surface area contributed by atoms with Gasteiger partial charge in [0, 0.05) is 19.6 Å². The van der Waals surface area contributed by atoms with Gasteiger partial charge in [-0.2, -0.15) is 0 Å². The van der Waals surface area contributed by atoms with Crippen molar-refractivity contribution in [1.29, 1.82) is 0 Å². The van der Waals surface area contributed by atoms with Gasteiger partial charge in [0.25, 0.3) is 0 Å². The standard InChI is InChI=1S/C20H19F3N2O2/c21-14-6-5-13(11-16(14)23)19-12-24(9-10-27-19)18-7-8-25(20(18)26)17-4-2-1-3-15(17)22/h1-6,11,18-19H,7-10,12H2. The topological polar surface area (TPSA) is 32.8 Å². The van der Waals surface area contributed by atoms with Gasteiger partial charge < -0.3 is 9.64 Å². The highest BCUT2D eigenvalue weighted by atomic mass is 19.2. The van der Waals surface area contributed by atoms with E-state index in [4.69, 9.17) is 4.74 Å². The number of para-hydroxylation sites is 1. The van der Waals surface area contributed by atoms with Crippen molar-refractivity contribution < 1.29 is 22.7 Å². The zero-order valence-corrected chi connectivity index (χ0v) is 14.6. The lowest BCUT2D eigenvalue weighted by Crippen LogP contribution is -2.48. The minimum Gasteiger partial charge on any atom is -0.371 e. The van der Waals surface area contributed by atoms with Crippen molar-refractivity contribution in [2.45, 2.75) is 18.6 Å². The maximum absolute atomic E-state index is 14.0. The van der Waals surface area contributed by atoms with Crippen LogP contribution in [0.5, 0.6) is 0 Å². The van der Waals surface area contributed by atoms with Crippen molar-refractivity contribution in [2.75, 3.05) is 31.1 Å². The Morgan fingerprint density at radius 3 is 2.56 bits per heavy atom. The molecule has 2 aromatic rings. The highest BCUT2D eigenvalue weighted by Crippen LogP contribution is 2.30. The van der Waals surface area contributed by atoms with Gasteiger partial charge in [-0.1, -0.05) is 18.2 Å². The van der Waals surface area contributed by atoms with Crippen LogP contribution < -0.4 is 4.90 Å². The molecule has 4 nitrogen and oxygen atoms in total. The summed E-state index contributed by atoms with van der Waals surface area (Å²) >= 11 is 0. The van der Waals surface area contributed by atoms with Crippen molar-refractivity contribution in [3.8, 4) is 0 Å². The molecule has 2 aliphatic rings. The zero-order valence-electron chi connectivity index (χ0n) is 14.6. The molecule has 0 radical (unpaired) electrons. The fourth-order valence-corrected chi connectivity index (χ4v) is 3.78. The number of morpholine rings is 1. The van der Waals surface area contributed by atoms with Gasteiger partial charge in [0.1, 0.15) is 5.82 Å². The van der Waals surface area contributed by atoms with Gasteiger partial charge in [-0.25, -0.2) is 13.2 Å². The molecule has 2 atom stereocenters. The Balaban J connectivity index is 1.49. The van der Waals surface area contributed by atoms with E-state index in [1.54, 1.807) is 18.2 Å². The third-order valence-corrected chi connectivity index (χ3v) is 5.17. The number of rotatable bonds is 3. The number of benzene rings is 2. The van der Waals surface area contributed by atoms with Crippen molar-refractivity contribution in [1.82, 2.24) is 4.90 Å². The number of ether oxygens (including phenoxy) is 1. The molecule has 0 spiro atoms. The molecule has 4 rings (SSSR count). The number of anilines is 1. The average molecular weight is 376 g/mol. The minimum atomic E-state index is -0.920. The van der Waals surface area contributed by atoms with E-state index in [1.165, 1.54) is 17.0 Å². The quantitative estimate of drug-likeness (QED) is 0.824. The molecule has 2 fully saturated rings. The summed E-state index contributed by atoms with van der Waals surface area (Å²) in [4.78, 5) is 16.3. The summed E-state index contributed by atoms with van der Waals surface area (Å²) in [5, 5.41) is 0. The highest BCUT2D eigenvalue weighted by molar-refractivity contribution is 5.99. The van der Waals surface area contributed by atoms with E-state index >= 15 is 0 Å². The summed E-state index contributed by atoms with van der Waals surface area (Å²) in [6.45, 7) is 1.78. The number of hydrogen-bond acceptors (Lipinski definition) is 3. The van der Waals surface area contributed by atoms with Crippen LogP contribution in [0.4, 0.5) is 18.9 Å². The van der Waals surface area contributed by atoms with Gasteiger partial charge >= 0.3 is 0 Å². The van der Waals surface area contributed by atoms with Crippen LogP contribution >= 0.6 is 0 Å². The predicted molar refractivity (Wildman–Crippen MR) is 93.8 cm³/mol. The summed E-state index contributed by atoms with van der Waals surface area (Å²) < 4.78 is 46.4. The summed E-state index contributed by atoms with van der Waals surface area (Å²) in [5.41, 5.74) is 0.824. The van der Waals surface area contributed by atoms with Gasteiger partial charge in [0.15, 0.2) is 11.6 Å². The van der Waals surface area contributed by atoms with Crippen molar-refractivity contribution in [2.24, 2.45) is 0 Å². The summed E-state index contributed by atoms with van der Waals surface area (Å²) in [6.07, 6.45) is 0.140. The lowest BCUT2D eigenvalue weighted by atomic mass is 10.1. The third-order valence-electron chi connectivity index (χ3n) is 5.17. The third kappa shape index (κ3) is 3.44. The Kier molecular flexibility index (Phi) is 4.88. The number of hydrogen-bond donors (Lipinski definition) is 0. The Labute approximate surface area is 155 Å². The largest absolute Gasteiger partial charge is 0.371 e. The number of amides is 1. The van der Waals surface area contributed by atoms with E-state index in [0.29, 0.717) is 38.2 Å². The fraction of sp³-hybridized carbons (Fsp3) is 0.350. The molecule has 27 heavy (non-hydrogen) atoms. The highest BCUT2D eigenvalue weighted by Gasteiger charge is 2.39. The molecule has 0 aromatic heterocycles. The first-order chi connectivity index (χ1) is 13.0. The molecule has 2 saturated heterocycles. The molecular formula is C20H19F3N2O2. The van der Waals surface area contributed by atoms with E-state index in [-0.39, 0.29) is 17.6 Å². The van der Waals surface area contributed by atoms with Gasteiger partial charge in [-0.3, -0.25) is 9.69 Å². The molecule has 7 heteroatoms. The number of halogens is 3. The van der Waals surface area contributed by atoms with Crippen LogP contribution in [0.15, 0.2) is 42.5 Å². The van der Waals surface area contributed by atoms with Crippen LogP contribution in [-0.2, 0) is 9.53 Å². The summed E-state index contributed by atoms with van der Waals surface area (Å²) in [5.74, 6) is -2.40. The maximum Gasteiger partial charge on any atom is 0.244 e. The van der Waals surface area contributed by atoms with Crippen molar-refractivity contribution in [3.63, 3.8) is 0 Å². The SMILES string of the molecule is O=C1C(N2CCOC(c3ccc(F)c(F)c3)C2)CCN1c1ccccc1F. The molecule has 0 aliphatic carbocycles. The second-order valence-corrected chi connectivity index (χ2v) is 6.77. The first-order valence-corrected chi connectivity index (χ1v) is 8.91. The van der Waals surface area contributed by atoms with Gasteiger partial charge in [0.2, 0.25) is 5.91 Å². The van der Waals surface area contributed by atoms with E-state index in [0.717, 1.165) is 12.1 Å². The fourth-order valence-electron chi connectivity index (χ4n) is 3.78. The Bertz CT molecular complexity index is 861. The molecule has 1 amide bonds. The van der Waals surface area contributed by atoms with E-state index in [9.17, 15) is 18.0 Å². The summed E-state index contributed by atoms with van der Waals surface area (Å²) in [6, 6.07) is 9.55. The van der Waals surface area contributed by atoms with Crippen LogP contribution in [-0.4, -0.2) is 43.1 Å². The molecule has 0 bridgehead atoms. The molecular weight excluding hydrogens is 357 g/mol. The average Bonchev–Trinajstić information content (AvgIpc) is 3.06. The molecule has 2 aromatic carbocycles. The number of carbonyl (C=O) groups is 1. The first-order valence-electron chi connectivity index (χ1n) is 8.91. The number of carbonyl (C=O) groups excluding carboxylic acids is 1. The van der Waals surface area contributed by atoms with E-state index in [2.05, 4.69) is 0 Å². The minimum absolute atomic E-state index is 0.147. The van der Waals surface area contributed by atoms with E-state index < -0.39 is 23.6 Å². The summed E-state index contributed by atoms with van der Waals surface area (Å²) in [7, 11) is 0. The van der Waals surface area contributed by atoms with Gasteiger partial charge in [-0.05, 0) is 36.2 Å². The normalized spacial score (nSPS) is 23.8. The van der Waals surface area contributed by atoms with Crippen LogP contribution in [0.1, 0.15) is 18.1 Å². The first kappa shape index (κ1) is 18.0. The molecule has 142 valence electrons. The lowest BCUT2D eigenvalue weighted by Gasteiger charge is -2.36. The molecule has 0 saturated carbocycles. The van der Waals surface area contributed by atoms with Crippen LogP contribution in [0.2, 0.25) is 0 Å². The van der Waals surface area contributed by atoms with Crippen molar-refractivity contribution in [3.05, 3.63) is 65.5 Å². The van der Waals surface area contributed by atoms with Gasteiger partial charge in [-0.15, -0.1) is 0 Å². The zero-order chi connectivity index (χ0) is 19.0. The second kappa shape index (κ2) is 7.32. The molecule has 2 heterocycles. The Morgan fingerprint density at radius 1 is 0.963 bits per heavy atom. The lowest BCUT2D eigenvalue weighted by molar-refractivity contribution is -0.125. The molecule has 0 N–H and O–H groups in total. The predicted octanol–water partition coefficient (Wildman–Crippen LogP) is 3.28. The monoisotopic (exact) mass is 376 g/mol. The van der Waals surface area contributed by atoms with Gasteiger partial charge in [0.05, 0.1) is 24.4 Å². The molecule has 2 aliphatic heterocycles. The van der Waals surface area contributed by atoms with Crippen LogP contribution in [0.25, 0.3) is 0 Å². The Morgan fingerprint density at radius 2 is 1.78 bits per heavy atom. The van der Waals surface area contributed by atoms with Crippen molar-refractivity contribution >= 4 is 11.6 Å².